The number of nitrogens with one attached hydrogen (secondary N) is 2. The minimum Gasteiger partial charge on any atom is -0.388 e. The van der Waals surface area contributed by atoms with E-state index in [1.165, 1.54) is 4.90 Å². The lowest BCUT2D eigenvalue weighted by Crippen LogP contribution is -2.48. The second-order valence-electron chi connectivity index (χ2n) is 9.06. The van der Waals surface area contributed by atoms with Crippen molar-refractivity contribution in [2.45, 2.75) is 32.2 Å². The van der Waals surface area contributed by atoms with E-state index in [9.17, 15) is 34.3 Å². The molecule has 0 unspecified atom stereocenters. The number of phosphoric acid groups is 1. The van der Waals surface area contributed by atoms with Gasteiger partial charge in [0.15, 0.2) is 5.69 Å². The van der Waals surface area contributed by atoms with Gasteiger partial charge >= 0.3 is 13.5 Å². The fraction of sp³-hybridized carbons (Fsp3) is 0.292. The molecule has 2 heterocycles. The van der Waals surface area contributed by atoms with Gasteiger partial charge in [-0.05, 0) is 49.2 Å². The van der Waals surface area contributed by atoms with Gasteiger partial charge in [0.05, 0.1) is 24.5 Å². The number of amides is 1. The summed E-state index contributed by atoms with van der Waals surface area (Å²) in [4.78, 5) is 63.9. The molecule has 39 heavy (non-hydrogen) atoms. The van der Waals surface area contributed by atoms with Crippen LogP contribution in [0.4, 0.5) is 22.9 Å². The Morgan fingerprint density at radius 3 is 2.21 bits per heavy atom. The van der Waals surface area contributed by atoms with Crippen molar-refractivity contribution in [1.82, 2.24) is 9.97 Å². The number of hydrogen-bond donors (Lipinski definition) is 7. The van der Waals surface area contributed by atoms with Gasteiger partial charge in [0.2, 0.25) is 0 Å². The predicted octanol–water partition coefficient (Wildman–Crippen LogP) is 0.302. The molecule has 208 valence electrons. The van der Waals surface area contributed by atoms with Crippen LogP contribution < -0.4 is 21.0 Å². The molecule has 3 atom stereocenters. The molecule has 7 N–H and O–H groups in total. The van der Waals surface area contributed by atoms with E-state index in [1.54, 1.807) is 56.3 Å². The fourth-order valence-corrected chi connectivity index (χ4v) is 4.57. The first kappa shape index (κ1) is 28.4. The Kier molecular flexibility index (Phi) is 7.91. The highest BCUT2D eigenvalue weighted by Crippen LogP contribution is 2.47. The number of aryl methyl sites for hydroxylation is 2. The Hall–Kier alpha value is -3.62. The molecule has 0 saturated carbocycles. The van der Waals surface area contributed by atoms with Gasteiger partial charge in [-0.2, -0.15) is 0 Å². The van der Waals surface area contributed by atoms with E-state index in [2.05, 4.69) is 14.5 Å². The summed E-state index contributed by atoms with van der Waals surface area (Å²) in [6.45, 7) is 2.10. The number of H-pyrrole nitrogens is 2. The zero-order valence-corrected chi connectivity index (χ0v) is 21.7. The summed E-state index contributed by atoms with van der Waals surface area (Å²) < 4.78 is 15.1. The number of carbonyl (C=O) groups excluding carboxylic acids is 1. The number of nitrogens with zero attached hydrogens (tertiary/aromatic N) is 2. The number of aromatic amines is 2. The molecule has 3 aromatic rings. The standard InChI is InChI=1S/C24H27N4O10P/c1-12-8-15-16(9-13(12)2)28(23(33)14-6-4-3-5-7-14)19-21(25-24(34)26-22(19)32)27(15)10-17(29)20(31)18(30)11-38-39(35,36)37/h3-9,17-18,20,29-31H,10-11H2,1-2H3,(H2,35,36,37)(H2,25,26,32,34)/t17-,18+,20-/m0/s1. The lowest BCUT2D eigenvalue weighted by atomic mass is 10.0. The van der Waals surface area contributed by atoms with Crippen molar-refractivity contribution in [3.8, 4) is 0 Å². The van der Waals surface area contributed by atoms with Crippen LogP contribution in [-0.4, -0.2) is 72.4 Å². The smallest absolute Gasteiger partial charge is 0.388 e. The third-order valence-electron chi connectivity index (χ3n) is 6.31. The molecule has 0 radical (unpaired) electrons. The van der Waals surface area contributed by atoms with Gasteiger partial charge in [0, 0.05) is 5.56 Å². The highest BCUT2D eigenvalue weighted by atomic mass is 31.2. The molecule has 1 amide bonds. The van der Waals surface area contributed by atoms with Crippen molar-refractivity contribution < 1.29 is 39.0 Å². The van der Waals surface area contributed by atoms with Gasteiger partial charge in [-0.25, -0.2) is 9.36 Å². The summed E-state index contributed by atoms with van der Waals surface area (Å²) in [5, 5.41) is 31.3. The van der Waals surface area contributed by atoms with E-state index in [0.717, 1.165) is 16.0 Å². The maximum atomic E-state index is 13.7. The molecule has 1 aliphatic heterocycles. The average molecular weight is 562 g/mol. The van der Waals surface area contributed by atoms with Crippen LogP contribution in [0.1, 0.15) is 21.5 Å². The number of aliphatic hydroxyl groups excluding tert-OH is 3. The summed E-state index contributed by atoms with van der Waals surface area (Å²) in [7, 11) is -4.95. The predicted molar refractivity (Wildman–Crippen MR) is 140 cm³/mol. The van der Waals surface area contributed by atoms with Gasteiger partial charge in [-0.3, -0.25) is 29.0 Å². The molecule has 0 bridgehead atoms. The van der Waals surface area contributed by atoms with E-state index in [0.29, 0.717) is 5.69 Å². The molecule has 0 saturated heterocycles. The van der Waals surface area contributed by atoms with Crippen molar-refractivity contribution in [2.24, 2.45) is 0 Å². The fourth-order valence-electron chi connectivity index (χ4n) is 4.23. The molecule has 1 aromatic heterocycles. The Balaban J connectivity index is 1.82. The van der Waals surface area contributed by atoms with Crippen molar-refractivity contribution in [3.05, 3.63) is 80.0 Å². The van der Waals surface area contributed by atoms with Gasteiger partial charge in [0.25, 0.3) is 11.5 Å². The first-order valence-corrected chi connectivity index (χ1v) is 13.2. The Morgan fingerprint density at radius 1 is 0.974 bits per heavy atom. The third kappa shape index (κ3) is 5.87. The SMILES string of the molecule is Cc1cc2c(cc1C)N(C(=O)c1ccccc1)c1c([nH]c(=O)[nH]c1=O)N2C[C@H](O)[C@H](O)[C@H](O)COP(=O)(O)O. The number of rotatable bonds is 8. The minimum atomic E-state index is -4.95. The number of benzene rings is 2. The van der Waals surface area contributed by atoms with E-state index < -0.39 is 56.4 Å². The Labute approximate surface area is 221 Å². The lowest BCUT2D eigenvalue weighted by molar-refractivity contribution is -0.0717. The number of aliphatic hydroxyl groups is 3. The number of anilines is 4. The molecule has 15 heteroatoms. The maximum Gasteiger partial charge on any atom is 0.469 e. The number of hydrogen-bond acceptors (Lipinski definition) is 9. The van der Waals surface area contributed by atoms with E-state index in [4.69, 9.17) is 9.79 Å². The second kappa shape index (κ2) is 10.9. The first-order chi connectivity index (χ1) is 18.3. The molecular formula is C24H27N4O10P. The highest BCUT2D eigenvalue weighted by molar-refractivity contribution is 7.46. The molecule has 0 aliphatic carbocycles. The largest absolute Gasteiger partial charge is 0.469 e. The van der Waals surface area contributed by atoms with Crippen molar-refractivity contribution in [3.63, 3.8) is 0 Å². The maximum absolute atomic E-state index is 13.7. The molecular weight excluding hydrogens is 535 g/mol. The summed E-state index contributed by atoms with van der Waals surface area (Å²) in [5.74, 6) is -0.722. The first-order valence-electron chi connectivity index (χ1n) is 11.7. The number of phosphoric ester groups is 1. The molecule has 1 aliphatic rings. The van der Waals surface area contributed by atoms with Crippen molar-refractivity contribution >= 4 is 36.6 Å². The van der Waals surface area contributed by atoms with Crippen molar-refractivity contribution in [2.75, 3.05) is 23.0 Å². The molecule has 4 rings (SSSR count). The second-order valence-corrected chi connectivity index (χ2v) is 10.3. The van der Waals surface area contributed by atoms with Crippen LogP contribution in [0.25, 0.3) is 0 Å². The number of fused-ring (bicyclic) bond motifs is 2. The Bertz CT molecular complexity index is 1550. The van der Waals surface area contributed by atoms with Gasteiger partial charge in [0.1, 0.15) is 24.1 Å². The number of carbonyl (C=O) groups is 1. The van der Waals surface area contributed by atoms with E-state index in [1.807, 2.05) is 0 Å². The minimum absolute atomic E-state index is 0.156. The Morgan fingerprint density at radius 2 is 1.59 bits per heavy atom. The summed E-state index contributed by atoms with van der Waals surface area (Å²) >= 11 is 0. The van der Waals surface area contributed by atoms with Crippen LogP contribution in [0.15, 0.2) is 52.1 Å². The summed E-state index contributed by atoms with van der Waals surface area (Å²) in [6, 6.07) is 11.5. The van der Waals surface area contributed by atoms with Gasteiger partial charge in [-0.15, -0.1) is 0 Å². The van der Waals surface area contributed by atoms with Crippen LogP contribution in [0.5, 0.6) is 0 Å². The quantitative estimate of drug-likeness (QED) is 0.185. The summed E-state index contributed by atoms with van der Waals surface area (Å²) in [6.07, 6.45) is -5.62. The number of β-amino-alcohol motifs (C(OH)–C–C–N with tert-alkyl or cyclic N) is 1. The van der Waals surface area contributed by atoms with E-state index in [-0.39, 0.29) is 22.8 Å². The van der Waals surface area contributed by atoms with Crippen molar-refractivity contribution in [1.29, 1.82) is 0 Å². The molecule has 14 nitrogen and oxygen atoms in total. The van der Waals surface area contributed by atoms with Gasteiger partial charge in [-0.1, -0.05) is 18.2 Å². The van der Waals surface area contributed by atoms with Crippen LogP contribution in [-0.2, 0) is 9.09 Å². The van der Waals surface area contributed by atoms with Gasteiger partial charge < -0.3 is 30.0 Å². The van der Waals surface area contributed by atoms with E-state index >= 15 is 0 Å². The third-order valence-corrected chi connectivity index (χ3v) is 6.80. The van der Waals surface area contributed by atoms with Crippen LogP contribution in [0, 0.1) is 13.8 Å². The molecule has 2 aromatic carbocycles. The topological polar surface area (TPSA) is 217 Å². The van der Waals surface area contributed by atoms with Crippen LogP contribution in [0.3, 0.4) is 0 Å². The normalized spacial score (nSPS) is 15.4. The van der Waals surface area contributed by atoms with Crippen LogP contribution in [0.2, 0.25) is 0 Å². The average Bonchev–Trinajstić information content (AvgIpc) is 2.87. The lowest BCUT2D eigenvalue weighted by Gasteiger charge is -2.39. The molecule has 0 spiro atoms. The molecule has 0 fully saturated rings. The summed E-state index contributed by atoms with van der Waals surface area (Å²) in [5.41, 5.74) is 0.320. The monoisotopic (exact) mass is 562 g/mol. The van der Waals surface area contributed by atoms with Crippen LogP contribution >= 0.6 is 7.82 Å². The highest BCUT2D eigenvalue weighted by Gasteiger charge is 2.38. The number of aromatic nitrogens is 2. The zero-order valence-electron chi connectivity index (χ0n) is 20.8. The zero-order chi connectivity index (χ0) is 28.6.